The van der Waals surface area contributed by atoms with E-state index in [-0.39, 0.29) is 0 Å². The molecule has 2 aliphatic rings. The molecule has 0 radical (unpaired) electrons. The van der Waals surface area contributed by atoms with Gasteiger partial charge in [0.2, 0.25) is 0 Å². The number of β-amino-alcohol motifs (C(OH)–C–C–N with tert-alkyl or cyclic N) is 1. The number of piperidine rings is 1. The smallest absolute Gasteiger partial charge is 0.191 e. The van der Waals surface area contributed by atoms with Crippen LogP contribution in [0.15, 0.2) is 29.3 Å². The van der Waals surface area contributed by atoms with Crippen LogP contribution < -0.4 is 15.5 Å². The summed E-state index contributed by atoms with van der Waals surface area (Å²) in [7, 11) is 0. The standard InChI is InChI=1S/C24H41N5O2/c1-4-25-23(27-18-24(3,30)19-28-13-15-31-16-14-28)26-17-21-5-7-22(8-6-21)29-11-9-20(2)10-12-29/h5-8,20,30H,4,9-19H2,1-3H3,(H2,25,26,27). The van der Waals surface area contributed by atoms with Crippen LogP contribution in [-0.2, 0) is 11.3 Å². The Morgan fingerprint density at radius 3 is 2.45 bits per heavy atom. The zero-order valence-corrected chi connectivity index (χ0v) is 19.6. The monoisotopic (exact) mass is 431 g/mol. The van der Waals surface area contributed by atoms with Crippen molar-refractivity contribution in [1.82, 2.24) is 15.5 Å². The molecule has 31 heavy (non-hydrogen) atoms. The van der Waals surface area contributed by atoms with Gasteiger partial charge in [-0.05, 0) is 50.3 Å². The van der Waals surface area contributed by atoms with Gasteiger partial charge < -0.3 is 25.4 Å². The fraction of sp³-hybridized carbons (Fsp3) is 0.708. The molecule has 1 atom stereocenters. The number of hydrogen-bond acceptors (Lipinski definition) is 5. The van der Waals surface area contributed by atoms with Crippen LogP contribution in [0.3, 0.4) is 0 Å². The van der Waals surface area contributed by atoms with Crippen LogP contribution in [0.5, 0.6) is 0 Å². The third-order valence-electron chi connectivity index (χ3n) is 6.15. The van der Waals surface area contributed by atoms with Crippen molar-refractivity contribution in [3.05, 3.63) is 29.8 Å². The highest BCUT2D eigenvalue weighted by atomic mass is 16.5. The summed E-state index contributed by atoms with van der Waals surface area (Å²) < 4.78 is 5.39. The fourth-order valence-electron chi connectivity index (χ4n) is 4.16. The lowest BCUT2D eigenvalue weighted by Gasteiger charge is -2.34. The molecule has 0 amide bonds. The van der Waals surface area contributed by atoms with E-state index in [1.54, 1.807) is 0 Å². The third kappa shape index (κ3) is 7.98. The topological polar surface area (TPSA) is 72.4 Å². The van der Waals surface area contributed by atoms with E-state index in [1.807, 2.05) is 6.92 Å². The summed E-state index contributed by atoms with van der Waals surface area (Å²) in [6, 6.07) is 8.78. The fourth-order valence-corrected chi connectivity index (χ4v) is 4.16. The first-order valence-corrected chi connectivity index (χ1v) is 11.8. The van der Waals surface area contributed by atoms with Gasteiger partial charge in [0, 0.05) is 51.5 Å². The van der Waals surface area contributed by atoms with Gasteiger partial charge in [0.15, 0.2) is 5.96 Å². The average Bonchev–Trinajstić information content (AvgIpc) is 2.77. The maximum Gasteiger partial charge on any atom is 0.191 e. The Morgan fingerprint density at radius 1 is 1.13 bits per heavy atom. The van der Waals surface area contributed by atoms with Crippen LogP contribution in [0.2, 0.25) is 0 Å². The number of hydrogen-bond donors (Lipinski definition) is 3. The van der Waals surface area contributed by atoms with Gasteiger partial charge in [-0.15, -0.1) is 0 Å². The van der Waals surface area contributed by atoms with Gasteiger partial charge in [-0.2, -0.15) is 0 Å². The second kappa shape index (κ2) is 11.7. The van der Waals surface area contributed by atoms with E-state index in [9.17, 15) is 5.11 Å². The highest BCUT2D eigenvalue weighted by molar-refractivity contribution is 5.79. The summed E-state index contributed by atoms with van der Waals surface area (Å²) in [5.74, 6) is 1.58. The first kappa shape index (κ1) is 23.8. The van der Waals surface area contributed by atoms with Gasteiger partial charge in [0.1, 0.15) is 0 Å². The van der Waals surface area contributed by atoms with Gasteiger partial charge in [-0.1, -0.05) is 19.1 Å². The molecule has 1 aromatic carbocycles. The SMILES string of the molecule is CCNC(=NCc1ccc(N2CCC(C)CC2)cc1)NCC(C)(O)CN1CCOCC1. The molecule has 0 aliphatic carbocycles. The zero-order chi connectivity index (χ0) is 22.1. The lowest BCUT2D eigenvalue weighted by atomic mass is 9.99. The summed E-state index contributed by atoms with van der Waals surface area (Å²) in [6.07, 6.45) is 2.55. The Bertz CT molecular complexity index is 678. The average molecular weight is 432 g/mol. The maximum atomic E-state index is 10.8. The van der Waals surface area contributed by atoms with Gasteiger partial charge in [-0.25, -0.2) is 4.99 Å². The van der Waals surface area contributed by atoms with Crippen LogP contribution in [-0.4, -0.2) is 80.6 Å². The minimum atomic E-state index is -0.832. The Morgan fingerprint density at radius 2 is 1.81 bits per heavy atom. The van der Waals surface area contributed by atoms with Crippen molar-refractivity contribution in [1.29, 1.82) is 0 Å². The molecule has 0 saturated carbocycles. The number of aliphatic hydroxyl groups is 1. The van der Waals surface area contributed by atoms with Gasteiger partial charge in [0.05, 0.1) is 25.4 Å². The van der Waals surface area contributed by atoms with E-state index < -0.39 is 5.60 Å². The summed E-state index contributed by atoms with van der Waals surface area (Å²) in [4.78, 5) is 9.45. The number of ether oxygens (including phenoxy) is 1. The molecule has 2 saturated heterocycles. The van der Waals surface area contributed by atoms with Crippen LogP contribution >= 0.6 is 0 Å². The first-order valence-electron chi connectivity index (χ1n) is 11.8. The molecule has 0 bridgehead atoms. The molecular formula is C24H41N5O2. The summed E-state index contributed by atoms with van der Waals surface area (Å²) in [6.45, 7) is 14.3. The summed E-state index contributed by atoms with van der Waals surface area (Å²) in [5.41, 5.74) is 1.66. The molecule has 3 N–H and O–H groups in total. The molecular weight excluding hydrogens is 390 g/mol. The summed E-state index contributed by atoms with van der Waals surface area (Å²) in [5, 5.41) is 17.4. The van der Waals surface area contributed by atoms with E-state index in [4.69, 9.17) is 9.73 Å². The third-order valence-corrected chi connectivity index (χ3v) is 6.15. The molecule has 2 heterocycles. The largest absolute Gasteiger partial charge is 0.387 e. The van der Waals surface area contributed by atoms with Crippen LogP contribution in [0.1, 0.15) is 39.2 Å². The number of rotatable bonds is 8. The quantitative estimate of drug-likeness (QED) is 0.432. The van der Waals surface area contributed by atoms with E-state index in [1.165, 1.54) is 24.1 Å². The predicted octanol–water partition coefficient (Wildman–Crippen LogP) is 2.06. The highest BCUT2D eigenvalue weighted by Crippen LogP contribution is 2.23. The number of anilines is 1. The molecule has 0 spiro atoms. The van der Waals surface area contributed by atoms with Crippen molar-refractivity contribution >= 4 is 11.6 Å². The normalized spacial score (nSPS) is 21.0. The second-order valence-corrected chi connectivity index (χ2v) is 9.27. The van der Waals surface area contributed by atoms with Crippen molar-refractivity contribution in [3.63, 3.8) is 0 Å². The molecule has 2 aliphatic heterocycles. The molecule has 174 valence electrons. The van der Waals surface area contributed by atoms with E-state index in [2.05, 4.69) is 58.5 Å². The van der Waals surface area contributed by atoms with Crippen molar-refractivity contribution < 1.29 is 9.84 Å². The first-order chi connectivity index (χ1) is 14.9. The molecule has 1 aromatic rings. The Hall–Kier alpha value is -1.83. The molecule has 1 unspecified atom stereocenters. The van der Waals surface area contributed by atoms with Gasteiger partial charge in [0.25, 0.3) is 0 Å². The highest BCUT2D eigenvalue weighted by Gasteiger charge is 2.25. The lowest BCUT2D eigenvalue weighted by molar-refractivity contribution is -0.0201. The van der Waals surface area contributed by atoms with Crippen LogP contribution in [0.4, 0.5) is 5.69 Å². The Kier molecular flexibility index (Phi) is 8.99. The van der Waals surface area contributed by atoms with Crippen molar-refractivity contribution in [3.8, 4) is 0 Å². The van der Waals surface area contributed by atoms with Crippen LogP contribution in [0, 0.1) is 5.92 Å². The van der Waals surface area contributed by atoms with Crippen molar-refractivity contribution in [2.75, 3.05) is 63.9 Å². The zero-order valence-electron chi connectivity index (χ0n) is 19.6. The predicted molar refractivity (Wildman–Crippen MR) is 128 cm³/mol. The molecule has 7 nitrogen and oxygen atoms in total. The number of nitrogens with zero attached hydrogens (tertiary/aromatic N) is 3. The molecule has 2 fully saturated rings. The van der Waals surface area contributed by atoms with E-state index in [0.29, 0.717) is 19.6 Å². The Balaban J connectivity index is 1.50. The number of morpholine rings is 1. The van der Waals surface area contributed by atoms with Crippen LogP contribution in [0.25, 0.3) is 0 Å². The van der Waals surface area contributed by atoms with E-state index in [0.717, 1.165) is 57.8 Å². The minimum Gasteiger partial charge on any atom is -0.387 e. The van der Waals surface area contributed by atoms with Gasteiger partial charge >= 0.3 is 0 Å². The second-order valence-electron chi connectivity index (χ2n) is 9.27. The minimum absolute atomic E-state index is 0.447. The van der Waals surface area contributed by atoms with Crippen molar-refractivity contribution in [2.24, 2.45) is 10.9 Å². The number of aliphatic imine (C=N–C) groups is 1. The molecule has 7 heteroatoms. The van der Waals surface area contributed by atoms with E-state index >= 15 is 0 Å². The molecule has 3 rings (SSSR count). The number of guanidine groups is 1. The van der Waals surface area contributed by atoms with Crippen molar-refractivity contribution in [2.45, 2.75) is 45.8 Å². The summed E-state index contributed by atoms with van der Waals surface area (Å²) >= 11 is 0. The maximum absolute atomic E-state index is 10.8. The molecule has 0 aromatic heterocycles. The number of benzene rings is 1. The Labute approximate surface area is 187 Å². The van der Waals surface area contributed by atoms with Gasteiger partial charge in [-0.3, -0.25) is 4.90 Å². The lowest BCUT2D eigenvalue weighted by Crippen LogP contribution is -2.52. The number of nitrogens with one attached hydrogen (secondary N) is 2.